The van der Waals surface area contributed by atoms with E-state index in [0.29, 0.717) is 43.4 Å². The fraction of sp³-hybridized carbons (Fsp3) is 0.357. The van der Waals surface area contributed by atoms with Crippen molar-refractivity contribution in [2.24, 2.45) is 0 Å². The Morgan fingerprint density at radius 2 is 2.03 bits per heavy atom. The molecule has 1 aliphatic carbocycles. The predicted molar refractivity (Wildman–Crippen MR) is 140 cm³/mol. The number of allylic oxidation sites excluding steroid dienone is 2. The minimum Gasteiger partial charge on any atom is -0.342 e. The molecule has 0 fully saturated rings. The molecule has 0 saturated carbocycles. The maximum absolute atomic E-state index is 13.3. The van der Waals surface area contributed by atoms with E-state index < -0.39 is 5.54 Å². The van der Waals surface area contributed by atoms with Crippen molar-refractivity contribution in [1.82, 2.24) is 34.9 Å². The number of hydrogen-bond acceptors (Lipinski definition) is 6. The molecule has 9 heteroatoms. The Morgan fingerprint density at radius 3 is 2.86 bits per heavy atom. The second kappa shape index (κ2) is 9.06. The lowest BCUT2D eigenvalue weighted by Crippen LogP contribution is -2.45. The number of carbonyl (C=O) groups is 2. The lowest BCUT2D eigenvalue weighted by atomic mass is 9.87. The summed E-state index contributed by atoms with van der Waals surface area (Å²) in [6, 6.07) is 7.50. The van der Waals surface area contributed by atoms with Gasteiger partial charge in [-0.2, -0.15) is 0 Å². The molecule has 2 amide bonds. The van der Waals surface area contributed by atoms with Gasteiger partial charge in [-0.3, -0.25) is 19.6 Å². The molecule has 1 N–H and O–H groups in total. The van der Waals surface area contributed by atoms with Crippen LogP contribution in [0.1, 0.15) is 77.9 Å². The van der Waals surface area contributed by atoms with E-state index in [1.807, 2.05) is 31.2 Å². The maximum Gasteiger partial charge on any atom is 0.272 e. The molecule has 2 atom stereocenters. The number of fused-ring (bicyclic) bond motifs is 2. The molecule has 3 aromatic heterocycles. The highest BCUT2D eigenvalue weighted by atomic mass is 16.2. The summed E-state index contributed by atoms with van der Waals surface area (Å²) in [6.45, 7) is 5.22. The second-order valence-electron chi connectivity index (χ2n) is 10.3. The van der Waals surface area contributed by atoms with Crippen LogP contribution in [0.25, 0.3) is 5.57 Å². The molecular formula is C28H31N7O2. The normalized spacial score (nSPS) is 22.3. The van der Waals surface area contributed by atoms with Gasteiger partial charge in [-0.1, -0.05) is 24.3 Å². The first-order chi connectivity index (χ1) is 17.9. The number of pyridine rings is 2. The van der Waals surface area contributed by atoms with Crippen LogP contribution in [0.3, 0.4) is 0 Å². The molecule has 3 aliphatic rings. The summed E-state index contributed by atoms with van der Waals surface area (Å²) in [6.07, 6.45) is 12.7. The first-order valence-corrected chi connectivity index (χ1v) is 12.7. The zero-order valence-electron chi connectivity index (χ0n) is 21.0. The van der Waals surface area contributed by atoms with E-state index in [4.69, 9.17) is 0 Å². The third-order valence-corrected chi connectivity index (χ3v) is 7.50. The van der Waals surface area contributed by atoms with Gasteiger partial charge >= 0.3 is 0 Å². The molecule has 9 nitrogen and oxygen atoms in total. The summed E-state index contributed by atoms with van der Waals surface area (Å²) in [4.78, 5) is 36.6. The van der Waals surface area contributed by atoms with Gasteiger partial charge in [0.1, 0.15) is 17.2 Å². The quantitative estimate of drug-likeness (QED) is 0.591. The first kappa shape index (κ1) is 23.3. The minimum atomic E-state index is -0.589. The standard InChI is InChI=1S/C28H29N7O2.H2/c1-18-8-9-24-32-33-25(35(18)24)19-6-5-11-28(2,15-19)31-26(36)23-14-21-17-34(13-10-20(21)16-30-23)27(37)22-7-3-4-12-29-22;/h3-7,11-12,14,16,18H,8-10,13,15,17H2,1-2H3,(H,31,36);1H/t18-,28?;/m1./s1. The SMILES string of the molecule is C[C@@H]1CCc2nnc(C3=CC=CC(C)(NC(=O)c4cc5c(cn4)CCN(C(=O)c4ccccn4)C5)C3)n21.[HH]. The zero-order valence-corrected chi connectivity index (χ0v) is 21.0. The van der Waals surface area contributed by atoms with Gasteiger partial charge < -0.3 is 14.8 Å². The van der Waals surface area contributed by atoms with Gasteiger partial charge in [-0.05, 0) is 61.6 Å². The van der Waals surface area contributed by atoms with Gasteiger partial charge in [-0.15, -0.1) is 10.2 Å². The molecule has 0 saturated heterocycles. The topological polar surface area (TPSA) is 106 Å². The summed E-state index contributed by atoms with van der Waals surface area (Å²) in [7, 11) is 0. The monoisotopic (exact) mass is 497 g/mol. The Kier molecular flexibility index (Phi) is 5.70. The Labute approximate surface area is 216 Å². The van der Waals surface area contributed by atoms with E-state index in [9.17, 15) is 9.59 Å². The van der Waals surface area contributed by atoms with E-state index >= 15 is 0 Å². The highest BCUT2D eigenvalue weighted by Crippen LogP contribution is 2.34. The van der Waals surface area contributed by atoms with Gasteiger partial charge in [0, 0.05) is 45.8 Å². The molecule has 190 valence electrons. The van der Waals surface area contributed by atoms with Crippen molar-refractivity contribution in [2.75, 3.05) is 6.54 Å². The Balaban J connectivity index is 0.00000294. The van der Waals surface area contributed by atoms with Crippen LogP contribution < -0.4 is 5.32 Å². The average molecular weight is 498 g/mol. The van der Waals surface area contributed by atoms with Gasteiger partial charge in [0.05, 0.1) is 5.54 Å². The number of aromatic nitrogens is 5. The van der Waals surface area contributed by atoms with E-state index in [-0.39, 0.29) is 13.2 Å². The Hall–Kier alpha value is -4.14. The maximum atomic E-state index is 13.3. The number of carbonyl (C=O) groups excluding carboxylic acids is 2. The predicted octanol–water partition coefficient (Wildman–Crippen LogP) is 3.55. The number of aryl methyl sites for hydroxylation is 1. The summed E-state index contributed by atoms with van der Waals surface area (Å²) >= 11 is 0. The molecule has 0 spiro atoms. The van der Waals surface area contributed by atoms with Gasteiger partial charge in [-0.25, -0.2) is 0 Å². The van der Waals surface area contributed by atoms with Crippen LogP contribution >= 0.6 is 0 Å². The smallest absolute Gasteiger partial charge is 0.272 e. The Morgan fingerprint density at radius 1 is 1.14 bits per heavy atom. The largest absolute Gasteiger partial charge is 0.342 e. The summed E-state index contributed by atoms with van der Waals surface area (Å²) in [5, 5.41) is 12.0. The molecule has 0 aromatic carbocycles. The minimum absolute atomic E-state index is 0. The van der Waals surface area contributed by atoms with Crippen molar-refractivity contribution in [3.05, 3.63) is 89.1 Å². The van der Waals surface area contributed by atoms with Crippen molar-refractivity contribution < 1.29 is 11.0 Å². The van der Waals surface area contributed by atoms with Crippen LogP contribution in [0, 0.1) is 0 Å². The number of amides is 2. The van der Waals surface area contributed by atoms with E-state index in [1.165, 1.54) is 0 Å². The third-order valence-electron chi connectivity index (χ3n) is 7.50. The van der Waals surface area contributed by atoms with Crippen molar-refractivity contribution in [1.29, 1.82) is 0 Å². The van der Waals surface area contributed by atoms with Crippen molar-refractivity contribution in [2.45, 2.75) is 57.7 Å². The molecule has 5 heterocycles. The molecule has 0 radical (unpaired) electrons. The first-order valence-electron chi connectivity index (χ1n) is 12.7. The molecular weight excluding hydrogens is 466 g/mol. The zero-order chi connectivity index (χ0) is 25.6. The average Bonchev–Trinajstić information content (AvgIpc) is 3.51. The van der Waals surface area contributed by atoms with E-state index in [0.717, 1.165) is 41.2 Å². The summed E-state index contributed by atoms with van der Waals surface area (Å²) in [5.74, 6) is 1.55. The molecule has 0 bridgehead atoms. The molecule has 3 aromatic rings. The van der Waals surface area contributed by atoms with Crippen LogP contribution in [0.15, 0.2) is 54.9 Å². The fourth-order valence-electron chi connectivity index (χ4n) is 5.48. The van der Waals surface area contributed by atoms with Crippen LogP contribution in [-0.2, 0) is 19.4 Å². The fourth-order valence-corrected chi connectivity index (χ4v) is 5.48. The van der Waals surface area contributed by atoms with E-state index in [2.05, 4.69) is 43.0 Å². The lowest BCUT2D eigenvalue weighted by molar-refractivity contribution is 0.0728. The van der Waals surface area contributed by atoms with E-state index in [1.54, 1.807) is 29.4 Å². The van der Waals surface area contributed by atoms with Crippen LogP contribution in [-0.4, -0.2) is 53.5 Å². The van der Waals surface area contributed by atoms with Crippen LogP contribution in [0.2, 0.25) is 0 Å². The lowest BCUT2D eigenvalue weighted by Gasteiger charge is -2.31. The highest BCUT2D eigenvalue weighted by molar-refractivity contribution is 5.94. The van der Waals surface area contributed by atoms with Crippen molar-refractivity contribution in [3.63, 3.8) is 0 Å². The van der Waals surface area contributed by atoms with Crippen molar-refractivity contribution in [3.8, 4) is 0 Å². The highest BCUT2D eigenvalue weighted by Gasteiger charge is 2.33. The third kappa shape index (κ3) is 4.34. The second-order valence-corrected chi connectivity index (χ2v) is 10.3. The Bertz CT molecular complexity index is 1450. The number of nitrogens with one attached hydrogen (secondary N) is 1. The number of hydrogen-bond donors (Lipinski definition) is 1. The number of rotatable bonds is 4. The molecule has 37 heavy (non-hydrogen) atoms. The van der Waals surface area contributed by atoms with Gasteiger partial charge in [0.2, 0.25) is 0 Å². The van der Waals surface area contributed by atoms with Crippen LogP contribution in [0.4, 0.5) is 0 Å². The van der Waals surface area contributed by atoms with Crippen LogP contribution in [0.5, 0.6) is 0 Å². The van der Waals surface area contributed by atoms with Gasteiger partial charge in [0.15, 0.2) is 5.82 Å². The molecule has 6 rings (SSSR count). The van der Waals surface area contributed by atoms with Gasteiger partial charge in [0.25, 0.3) is 11.8 Å². The molecule has 2 aliphatic heterocycles. The number of nitrogens with zero attached hydrogens (tertiary/aromatic N) is 6. The summed E-state index contributed by atoms with van der Waals surface area (Å²) in [5.41, 5.74) is 3.23. The summed E-state index contributed by atoms with van der Waals surface area (Å²) < 4.78 is 2.22. The molecule has 1 unspecified atom stereocenters. The van der Waals surface area contributed by atoms with Crippen molar-refractivity contribution >= 4 is 17.4 Å².